The van der Waals surface area contributed by atoms with Gasteiger partial charge < -0.3 is 14.8 Å². The van der Waals surface area contributed by atoms with Gasteiger partial charge in [0, 0.05) is 36.2 Å². The number of rotatable bonds is 5. The second kappa shape index (κ2) is 9.29. The van der Waals surface area contributed by atoms with E-state index in [0.29, 0.717) is 45.8 Å². The summed E-state index contributed by atoms with van der Waals surface area (Å²) in [5, 5.41) is 5.94. The van der Waals surface area contributed by atoms with Crippen LogP contribution >= 0.6 is 23.1 Å². The average Bonchev–Trinajstić information content (AvgIpc) is 3.12. The summed E-state index contributed by atoms with van der Waals surface area (Å²) in [5.41, 5.74) is 2.38. The molecule has 0 radical (unpaired) electrons. The number of anilines is 1. The van der Waals surface area contributed by atoms with Gasteiger partial charge in [-0.3, -0.25) is 14.2 Å². The van der Waals surface area contributed by atoms with E-state index in [1.807, 2.05) is 35.7 Å². The Labute approximate surface area is 198 Å². The summed E-state index contributed by atoms with van der Waals surface area (Å²) >= 11 is 2.66. The van der Waals surface area contributed by atoms with Gasteiger partial charge in [-0.25, -0.2) is 4.98 Å². The molecule has 9 heteroatoms. The number of thioether (sulfide) groups is 1. The second-order valence-corrected chi connectivity index (χ2v) is 9.30. The predicted octanol–water partition coefficient (Wildman–Crippen LogP) is 4.55. The van der Waals surface area contributed by atoms with Crippen molar-refractivity contribution in [1.29, 1.82) is 0 Å². The Hall–Kier alpha value is -3.30. The molecule has 1 aliphatic heterocycles. The molecular weight excluding hydrogens is 458 g/mol. The molecule has 0 aliphatic carbocycles. The molecule has 1 aliphatic rings. The van der Waals surface area contributed by atoms with Crippen molar-refractivity contribution in [1.82, 2.24) is 9.55 Å². The van der Waals surface area contributed by atoms with Gasteiger partial charge >= 0.3 is 0 Å². The van der Waals surface area contributed by atoms with Crippen LogP contribution in [0.25, 0.3) is 21.3 Å². The third-order valence-corrected chi connectivity index (χ3v) is 7.12. The Morgan fingerprint density at radius 3 is 2.76 bits per heavy atom. The number of benzene rings is 2. The maximum atomic E-state index is 13.1. The minimum atomic E-state index is -0.194. The molecule has 0 saturated carbocycles. The van der Waals surface area contributed by atoms with Gasteiger partial charge in [-0.2, -0.15) is 0 Å². The lowest BCUT2D eigenvalue weighted by Crippen LogP contribution is -2.21. The van der Waals surface area contributed by atoms with E-state index < -0.39 is 0 Å². The van der Waals surface area contributed by atoms with Crippen LogP contribution in [0.2, 0.25) is 0 Å². The lowest BCUT2D eigenvalue weighted by Gasteiger charge is -2.11. The van der Waals surface area contributed by atoms with Crippen LogP contribution in [0.4, 0.5) is 5.69 Å². The zero-order chi connectivity index (χ0) is 22.8. The van der Waals surface area contributed by atoms with Crippen LogP contribution in [0.5, 0.6) is 11.5 Å². The molecule has 33 heavy (non-hydrogen) atoms. The first kappa shape index (κ1) is 21.5. The fourth-order valence-corrected chi connectivity index (χ4v) is 5.34. The lowest BCUT2D eigenvalue weighted by atomic mass is 10.1. The monoisotopic (exact) mass is 479 g/mol. The summed E-state index contributed by atoms with van der Waals surface area (Å²) in [6, 6.07) is 15.1. The Bertz CT molecular complexity index is 1380. The van der Waals surface area contributed by atoms with Crippen molar-refractivity contribution in [2.24, 2.45) is 7.05 Å². The molecule has 2 aromatic heterocycles. The number of nitrogens with zero attached hydrogens (tertiary/aromatic N) is 2. The fraction of sp³-hybridized carbons (Fsp3) is 0.208. The van der Waals surface area contributed by atoms with E-state index in [1.165, 1.54) is 27.7 Å². The molecule has 0 spiro atoms. The molecule has 0 bridgehead atoms. The summed E-state index contributed by atoms with van der Waals surface area (Å²) in [6.07, 6.45) is 0.820. The minimum absolute atomic E-state index is 0.120. The Morgan fingerprint density at radius 1 is 1.15 bits per heavy atom. The van der Waals surface area contributed by atoms with Crippen molar-refractivity contribution >= 4 is 44.9 Å². The van der Waals surface area contributed by atoms with Gasteiger partial charge in [0.15, 0.2) is 16.7 Å². The summed E-state index contributed by atoms with van der Waals surface area (Å²) < 4.78 is 12.8. The van der Waals surface area contributed by atoms with Crippen molar-refractivity contribution in [2.45, 2.75) is 11.6 Å². The van der Waals surface area contributed by atoms with E-state index in [1.54, 1.807) is 25.2 Å². The van der Waals surface area contributed by atoms with Gasteiger partial charge in [0.1, 0.15) is 4.83 Å². The van der Waals surface area contributed by atoms with Crippen LogP contribution in [0.1, 0.15) is 6.42 Å². The maximum Gasteiger partial charge on any atom is 0.263 e. The van der Waals surface area contributed by atoms with Crippen molar-refractivity contribution < 1.29 is 14.3 Å². The van der Waals surface area contributed by atoms with Crippen molar-refractivity contribution in [2.75, 3.05) is 24.3 Å². The first-order valence-corrected chi connectivity index (χ1v) is 12.3. The van der Waals surface area contributed by atoms with E-state index in [0.717, 1.165) is 17.5 Å². The number of amides is 1. The number of aromatic nitrogens is 2. The number of thiophene rings is 1. The Morgan fingerprint density at radius 2 is 1.94 bits per heavy atom. The van der Waals surface area contributed by atoms with Gasteiger partial charge in [0.25, 0.3) is 5.56 Å². The third kappa shape index (κ3) is 4.46. The molecule has 4 aromatic rings. The molecule has 168 valence electrons. The molecule has 1 amide bonds. The van der Waals surface area contributed by atoms with Crippen LogP contribution < -0.4 is 20.3 Å². The highest BCUT2D eigenvalue weighted by atomic mass is 32.2. The van der Waals surface area contributed by atoms with Gasteiger partial charge in [-0.05, 0) is 17.7 Å². The van der Waals surface area contributed by atoms with Crippen molar-refractivity contribution in [3.63, 3.8) is 0 Å². The van der Waals surface area contributed by atoms with Gasteiger partial charge in [-0.15, -0.1) is 11.3 Å². The van der Waals surface area contributed by atoms with Crippen molar-refractivity contribution in [3.8, 4) is 22.6 Å². The van der Waals surface area contributed by atoms with Gasteiger partial charge in [0.2, 0.25) is 5.91 Å². The molecule has 7 nitrogen and oxygen atoms in total. The number of hydrogen-bond donors (Lipinski definition) is 1. The maximum absolute atomic E-state index is 13.1. The number of fused-ring (bicyclic) bond motifs is 2. The van der Waals surface area contributed by atoms with Crippen molar-refractivity contribution in [3.05, 3.63) is 64.3 Å². The minimum Gasteiger partial charge on any atom is -0.490 e. The number of ether oxygens (including phenoxy) is 2. The molecule has 0 unspecified atom stereocenters. The van der Waals surface area contributed by atoms with E-state index in [4.69, 9.17) is 9.47 Å². The van der Waals surface area contributed by atoms with Crippen LogP contribution in [0.3, 0.4) is 0 Å². The first-order chi connectivity index (χ1) is 16.1. The zero-order valence-electron chi connectivity index (χ0n) is 17.9. The summed E-state index contributed by atoms with van der Waals surface area (Å²) in [7, 11) is 1.69. The highest BCUT2D eigenvalue weighted by molar-refractivity contribution is 7.99. The van der Waals surface area contributed by atoms with E-state index in [9.17, 15) is 9.59 Å². The van der Waals surface area contributed by atoms with Crippen LogP contribution in [-0.2, 0) is 11.8 Å². The molecule has 1 N–H and O–H groups in total. The third-order valence-electron chi connectivity index (χ3n) is 5.22. The quantitative estimate of drug-likeness (QED) is 0.334. The second-order valence-electron chi connectivity index (χ2n) is 7.50. The van der Waals surface area contributed by atoms with Gasteiger partial charge in [0.05, 0.1) is 24.4 Å². The standard InChI is InChI=1S/C24H21N3O4S2/c1-27-23(29)21-17(15-6-3-2-4-7-15)13-32-22(21)26-24(27)33-14-20(28)25-16-8-9-18-19(12-16)31-11-5-10-30-18/h2-4,6-9,12-13H,5,10-11,14H2,1H3,(H,25,28). The first-order valence-electron chi connectivity index (χ1n) is 10.5. The molecule has 0 atom stereocenters. The van der Waals surface area contributed by atoms with E-state index in [2.05, 4.69) is 10.3 Å². The number of nitrogens with one attached hydrogen (secondary N) is 1. The number of hydrogen-bond acceptors (Lipinski definition) is 7. The summed E-state index contributed by atoms with van der Waals surface area (Å²) in [5.74, 6) is 1.23. The van der Waals surface area contributed by atoms with Gasteiger partial charge in [-0.1, -0.05) is 42.1 Å². The molecule has 2 aromatic carbocycles. The molecular formula is C24H21N3O4S2. The Balaban J connectivity index is 1.32. The van der Waals surface area contributed by atoms with Crippen LogP contribution in [-0.4, -0.2) is 34.4 Å². The number of carbonyl (C=O) groups is 1. The van der Waals surface area contributed by atoms with Crippen LogP contribution in [0, 0.1) is 0 Å². The topological polar surface area (TPSA) is 82.5 Å². The average molecular weight is 480 g/mol. The van der Waals surface area contributed by atoms with Crippen LogP contribution in [0.15, 0.2) is 63.9 Å². The molecule has 3 heterocycles. The predicted molar refractivity (Wildman–Crippen MR) is 132 cm³/mol. The smallest absolute Gasteiger partial charge is 0.263 e. The largest absolute Gasteiger partial charge is 0.490 e. The molecule has 0 saturated heterocycles. The summed E-state index contributed by atoms with van der Waals surface area (Å²) in [6.45, 7) is 1.19. The Kier molecular flexibility index (Phi) is 6.06. The summed E-state index contributed by atoms with van der Waals surface area (Å²) in [4.78, 5) is 31.0. The highest BCUT2D eigenvalue weighted by Crippen LogP contribution is 2.33. The zero-order valence-corrected chi connectivity index (χ0v) is 19.5. The SMILES string of the molecule is Cn1c(SCC(=O)Nc2ccc3c(c2)OCCCO3)nc2scc(-c3ccccc3)c2c1=O. The normalized spacial score (nSPS) is 13.0. The molecule has 0 fully saturated rings. The fourth-order valence-electron chi connectivity index (χ4n) is 3.58. The number of carbonyl (C=O) groups excluding carboxylic acids is 1. The molecule has 5 rings (SSSR count). The van der Waals surface area contributed by atoms with E-state index >= 15 is 0 Å². The highest BCUT2D eigenvalue weighted by Gasteiger charge is 2.17. The lowest BCUT2D eigenvalue weighted by molar-refractivity contribution is -0.113. The van der Waals surface area contributed by atoms with E-state index in [-0.39, 0.29) is 17.2 Å².